The van der Waals surface area contributed by atoms with Crippen molar-refractivity contribution >= 4 is 15.9 Å². The van der Waals surface area contributed by atoms with Gasteiger partial charge in [0.05, 0.1) is 18.2 Å². The zero-order chi connectivity index (χ0) is 14.7. The average Bonchev–Trinajstić information content (AvgIpc) is 2.96. The van der Waals surface area contributed by atoms with E-state index < -0.39 is 0 Å². The van der Waals surface area contributed by atoms with Crippen molar-refractivity contribution in [3.63, 3.8) is 0 Å². The van der Waals surface area contributed by atoms with E-state index in [2.05, 4.69) is 37.4 Å². The molecular formula is C15H10BrN5. The molecule has 6 heteroatoms. The van der Waals surface area contributed by atoms with E-state index in [9.17, 15) is 0 Å². The Morgan fingerprint density at radius 1 is 1.10 bits per heavy atom. The smallest absolute Gasteiger partial charge is 0.192 e. The zero-order valence-corrected chi connectivity index (χ0v) is 12.5. The number of aromatic nitrogens is 4. The van der Waals surface area contributed by atoms with Crippen molar-refractivity contribution in [2.75, 3.05) is 0 Å². The van der Waals surface area contributed by atoms with Gasteiger partial charge in [0, 0.05) is 10.0 Å². The van der Waals surface area contributed by atoms with E-state index in [4.69, 9.17) is 5.26 Å². The largest absolute Gasteiger partial charge is 0.206 e. The van der Waals surface area contributed by atoms with Gasteiger partial charge in [-0.05, 0) is 29.0 Å². The first kappa shape index (κ1) is 13.5. The second kappa shape index (κ2) is 5.85. The summed E-state index contributed by atoms with van der Waals surface area (Å²) in [5.41, 5.74) is 2.38. The van der Waals surface area contributed by atoms with E-state index >= 15 is 0 Å². The molecule has 3 aromatic rings. The van der Waals surface area contributed by atoms with Crippen LogP contribution in [0.3, 0.4) is 0 Å². The van der Waals surface area contributed by atoms with Gasteiger partial charge in [-0.3, -0.25) is 0 Å². The van der Waals surface area contributed by atoms with Gasteiger partial charge in [0.1, 0.15) is 0 Å². The van der Waals surface area contributed by atoms with Crippen LogP contribution in [0.2, 0.25) is 0 Å². The summed E-state index contributed by atoms with van der Waals surface area (Å²) in [5, 5.41) is 21.6. The van der Waals surface area contributed by atoms with Gasteiger partial charge in [0.2, 0.25) is 5.82 Å². The molecule has 0 saturated carbocycles. The summed E-state index contributed by atoms with van der Waals surface area (Å²) < 4.78 is 0.918. The molecule has 0 aliphatic carbocycles. The fraction of sp³-hybridized carbons (Fsp3) is 0.0667. The monoisotopic (exact) mass is 339 g/mol. The SMILES string of the molecule is N#Cc1ccccc1Cn1nnc(-c2ccccc2Br)n1. The van der Waals surface area contributed by atoms with Gasteiger partial charge in [0.15, 0.2) is 0 Å². The zero-order valence-electron chi connectivity index (χ0n) is 10.9. The van der Waals surface area contributed by atoms with E-state index in [1.165, 1.54) is 4.80 Å². The summed E-state index contributed by atoms with van der Waals surface area (Å²) in [7, 11) is 0. The maximum absolute atomic E-state index is 9.09. The maximum atomic E-state index is 9.09. The molecule has 0 fully saturated rings. The second-order valence-electron chi connectivity index (χ2n) is 4.39. The molecule has 0 saturated heterocycles. The number of rotatable bonds is 3. The third kappa shape index (κ3) is 2.83. The first-order valence-corrected chi connectivity index (χ1v) is 7.08. The summed E-state index contributed by atoms with van der Waals surface area (Å²) in [4.78, 5) is 1.49. The summed E-state index contributed by atoms with van der Waals surface area (Å²) in [6.07, 6.45) is 0. The van der Waals surface area contributed by atoms with Crippen LogP contribution in [0.5, 0.6) is 0 Å². The van der Waals surface area contributed by atoms with Gasteiger partial charge in [-0.25, -0.2) is 0 Å². The van der Waals surface area contributed by atoms with Gasteiger partial charge < -0.3 is 0 Å². The van der Waals surface area contributed by atoms with Gasteiger partial charge in [0.25, 0.3) is 0 Å². The van der Waals surface area contributed by atoms with Crippen molar-refractivity contribution in [3.05, 3.63) is 64.1 Å². The molecule has 3 rings (SSSR count). The van der Waals surface area contributed by atoms with Crippen LogP contribution in [-0.2, 0) is 6.54 Å². The quantitative estimate of drug-likeness (QED) is 0.735. The minimum Gasteiger partial charge on any atom is -0.192 e. The lowest BCUT2D eigenvalue weighted by atomic mass is 10.1. The molecule has 2 aromatic carbocycles. The lowest BCUT2D eigenvalue weighted by Crippen LogP contribution is -2.05. The molecule has 0 radical (unpaired) electrons. The van der Waals surface area contributed by atoms with Crippen molar-refractivity contribution < 1.29 is 0 Å². The van der Waals surface area contributed by atoms with Crippen molar-refractivity contribution in [2.24, 2.45) is 0 Å². The van der Waals surface area contributed by atoms with Gasteiger partial charge in [-0.2, -0.15) is 10.1 Å². The standard InChI is InChI=1S/C15H10BrN5/c16-14-8-4-3-7-13(14)15-18-20-21(19-15)10-12-6-2-1-5-11(12)9-17/h1-8H,10H2. The lowest BCUT2D eigenvalue weighted by Gasteiger charge is -2.01. The minimum absolute atomic E-state index is 0.418. The first-order valence-electron chi connectivity index (χ1n) is 6.28. The minimum atomic E-state index is 0.418. The van der Waals surface area contributed by atoms with Gasteiger partial charge >= 0.3 is 0 Å². The molecule has 0 unspecified atom stereocenters. The van der Waals surface area contributed by atoms with Crippen molar-refractivity contribution in [1.29, 1.82) is 5.26 Å². The molecule has 0 aliphatic heterocycles. The van der Waals surface area contributed by atoms with Crippen LogP contribution in [0.25, 0.3) is 11.4 Å². The van der Waals surface area contributed by atoms with Crippen LogP contribution in [0, 0.1) is 11.3 Å². The summed E-state index contributed by atoms with van der Waals surface area (Å²) >= 11 is 3.47. The Bertz CT molecular complexity index is 819. The fourth-order valence-corrected chi connectivity index (χ4v) is 2.44. The van der Waals surface area contributed by atoms with Crippen molar-refractivity contribution in [2.45, 2.75) is 6.54 Å². The first-order chi connectivity index (χ1) is 10.3. The molecule has 0 spiro atoms. The van der Waals surface area contributed by atoms with Crippen LogP contribution >= 0.6 is 15.9 Å². The van der Waals surface area contributed by atoms with Gasteiger partial charge in [-0.15, -0.1) is 10.2 Å². The number of benzene rings is 2. The normalized spacial score (nSPS) is 10.3. The Labute approximate surface area is 130 Å². The molecule has 0 N–H and O–H groups in total. The van der Waals surface area contributed by atoms with Crippen LogP contribution in [0.1, 0.15) is 11.1 Å². The van der Waals surface area contributed by atoms with E-state index in [-0.39, 0.29) is 0 Å². The average molecular weight is 340 g/mol. The molecule has 0 bridgehead atoms. The Balaban J connectivity index is 1.90. The van der Waals surface area contributed by atoms with Gasteiger partial charge in [-0.1, -0.05) is 46.3 Å². The van der Waals surface area contributed by atoms with E-state index in [0.29, 0.717) is 17.9 Å². The van der Waals surface area contributed by atoms with Crippen LogP contribution in [0.4, 0.5) is 0 Å². The van der Waals surface area contributed by atoms with E-state index in [0.717, 1.165) is 15.6 Å². The van der Waals surface area contributed by atoms with Crippen LogP contribution in [0.15, 0.2) is 53.0 Å². The summed E-state index contributed by atoms with van der Waals surface area (Å²) in [5.74, 6) is 0.553. The van der Waals surface area contributed by atoms with E-state index in [1.54, 1.807) is 6.07 Å². The number of tetrazole rings is 1. The molecule has 21 heavy (non-hydrogen) atoms. The molecule has 0 aliphatic rings. The Hall–Kier alpha value is -2.52. The molecule has 0 atom stereocenters. The summed E-state index contributed by atoms with van der Waals surface area (Å²) in [6.45, 7) is 0.418. The van der Waals surface area contributed by atoms with Crippen LogP contribution < -0.4 is 0 Å². The molecule has 1 aromatic heterocycles. The molecule has 0 amide bonds. The third-order valence-electron chi connectivity index (χ3n) is 3.02. The Morgan fingerprint density at radius 3 is 2.67 bits per heavy atom. The predicted molar refractivity (Wildman–Crippen MR) is 81.2 cm³/mol. The maximum Gasteiger partial charge on any atom is 0.206 e. The number of hydrogen-bond donors (Lipinski definition) is 0. The number of nitriles is 1. The Morgan fingerprint density at radius 2 is 1.86 bits per heavy atom. The molecule has 1 heterocycles. The number of halogens is 1. The number of hydrogen-bond acceptors (Lipinski definition) is 4. The lowest BCUT2D eigenvalue weighted by molar-refractivity contribution is 0.572. The Kier molecular flexibility index (Phi) is 3.75. The van der Waals surface area contributed by atoms with Crippen molar-refractivity contribution in [3.8, 4) is 17.5 Å². The topological polar surface area (TPSA) is 67.4 Å². The summed E-state index contributed by atoms with van der Waals surface area (Å²) in [6, 6.07) is 17.3. The second-order valence-corrected chi connectivity index (χ2v) is 5.25. The number of nitrogens with zero attached hydrogens (tertiary/aromatic N) is 5. The highest BCUT2D eigenvalue weighted by Gasteiger charge is 2.10. The fourth-order valence-electron chi connectivity index (χ4n) is 1.98. The van der Waals surface area contributed by atoms with E-state index in [1.807, 2.05) is 42.5 Å². The van der Waals surface area contributed by atoms with Crippen molar-refractivity contribution in [1.82, 2.24) is 20.2 Å². The highest BCUT2D eigenvalue weighted by Crippen LogP contribution is 2.24. The highest BCUT2D eigenvalue weighted by molar-refractivity contribution is 9.10. The highest BCUT2D eigenvalue weighted by atomic mass is 79.9. The predicted octanol–water partition coefficient (Wildman–Crippen LogP) is 3.02. The molecule has 102 valence electrons. The molecular weight excluding hydrogens is 330 g/mol. The molecule has 5 nitrogen and oxygen atoms in total. The van der Waals surface area contributed by atoms with Crippen LogP contribution in [-0.4, -0.2) is 20.2 Å². The third-order valence-corrected chi connectivity index (χ3v) is 3.71.